The van der Waals surface area contributed by atoms with Crippen LogP contribution >= 0.6 is 11.3 Å². The van der Waals surface area contributed by atoms with Crippen LogP contribution in [0.15, 0.2) is 29.6 Å². The second kappa shape index (κ2) is 8.22. The summed E-state index contributed by atoms with van der Waals surface area (Å²) in [4.78, 5) is 19.1. The Bertz CT molecular complexity index is 635. The number of aryl methyl sites for hydroxylation is 1. The zero-order valence-electron chi connectivity index (χ0n) is 14.2. The number of hydrogen-bond donors (Lipinski definition) is 0. The molecule has 0 spiro atoms. The van der Waals surface area contributed by atoms with Crippen molar-refractivity contribution < 1.29 is 9.53 Å². The lowest BCUT2D eigenvalue weighted by Gasteiger charge is -2.23. The highest BCUT2D eigenvalue weighted by atomic mass is 32.1. The average Bonchev–Trinajstić information content (AvgIpc) is 3.01. The van der Waals surface area contributed by atoms with Crippen molar-refractivity contribution in [3.63, 3.8) is 0 Å². The molecule has 0 saturated carbocycles. The molecule has 5 heteroatoms. The number of hydrogen-bond acceptors (Lipinski definition) is 4. The topological polar surface area (TPSA) is 42.4 Å². The third-order valence-electron chi connectivity index (χ3n) is 3.46. The molecule has 1 aromatic heterocycles. The van der Waals surface area contributed by atoms with Gasteiger partial charge in [0, 0.05) is 31.1 Å². The van der Waals surface area contributed by atoms with Crippen molar-refractivity contribution in [3.05, 3.63) is 40.9 Å². The minimum absolute atomic E-state index is 0.0228. The van der Waals surface area contributed by atoms with Crippen LogP contribution in [0.25, 0.3) is 10.6 Å². The number of rotatable bonds is 7. The van der Waals surface area contributed by atoms with Crippen LogP contribution in [0.1, 0.15) is 29.9 Å². The largest absolute Gasteiger partial charge is 0.383 e. The summed E-state index contributed by atoms with van der Waals surface area (Å²) in [5, 5.41) is 2.72. The van der Waals surface area contributed by atoms with Gasteiger partial charge in [0.25, 0.3) is 5.91 Å². The quantitative estimate of drug-likeness (QED) is 0.773. The maximum Gasteiger partial charge on any atom is 0.273 e. The van der Waals surface area contributed by atoms with Gasteiger partial charge in [-0.25, -0.2) is 4.98 Å². The number of amides is 1. The van der Waals surface area contributed by atoms with Gasteiger partial charge < -0.3 is 9.64 Å². The molecule has 0 aliphatic rings. The predicted octanol–water partition coefficient (Wildman–Crippen LogP) is 3.86. The molecule has 1 amide bonds. The summed E-state index contributed by atoms with van der Waals surface area (Å²) < 4.78 is 5.11. The average molecular weight is 332 g/mol. The van der Waals surface area contributed by atoms with Crippen molar-refractivity contribution in [2.24, 2.45) is 5.92 Å². The number of nitrogens with zero attached hydrogens (tertiary/aromatic N) is 2. The number of ether oxygens (including phenoxy) is 1. The second-order valence-corrected chi connectivity index (χ2v) is 6.90. The second-order valence-electron chi connectivity index (χ2n) is 6.04. The molecule has 0 saturated heterocycles. The number of thiazole rings is 1. The van der Waals surface area contributed by atoms with Gasteiger partial charge in [0.15, 0.2) is 0 Å². The molecule has 0 N–H and O–H groups in total. The molecule has 2 rings (SSSR count). The van der Waals surface area contributed by atoms with Crippen LogP contribution in [0, 0.1) is 12.8 Å². The molecule has 0 fully saturated rings. The van der Waals surface area contributed by atoms with E-state index in [-0.39, 0.29) is 5.91 Å². The Morgan fingerprint density at radius 3 is 2.61 bits per heavy atom. The Morgan fingerprint density at radius 1 is 1.30 bits per heavy atom. The summed E-state index contributed by atoms with van der Waals surface area (Å²) in [6, 6.07) is 8.20. The monoisotopic (exact) mass is 332 g/mol. The first-order valence-electron chi connectivity index (χ1n) is 7.82. The molecule has 1 heterocycles. The molecule has 4 nitrogen and oxygen atoms in total. The molecular weight excluding hydrogens is 308 g/mol. The summed E-state index contributed by atoms with van der Waals surface area (Å²) in [5.74, 6) is 0.386. The highest BCUT2D eigenvalue weighted by Crippen LogP contribution is 2.24. The van der Waals surface area contributed by atoms with Gasteiger partial charge in [-0.15, -0.1) is 11.3 Å². The third-order valence-corrected chi connectivity index (χ3v) is 4.35. The van der Waals surface area contributed by atoms with Crippen LogP contribution in [0.3, 0.4) is 0 Å². The predicted molar refractivity (Wildman–Crippen MR) is 94.9 cm³/mol. The van der Waals surface area contributed by atoms with Crippen molar-refractivity contribution in [1.82, 2.24) is 9.88 Å². The van der Waals surface area contributed by atoms with Crippen LogP contribution in [0.4, 0.5) is 0 Å². The van der Waals surface area contributed by atoms with Crippen LogP contribution in [0.5, 0.6) is 0 Å². The van der Waals surface area contributed by atoms with Gasteiger partial charge in [-0.05, 0) is 12.8 Å². The lowest BCUT2D eigenvalue weighted by Crippen LogP contribution is -2.36. The van der Waals surface area contributed by atoms with Crippen LogP contribution < -0.4 is 0 Å². The van der Waals surface area contributed by atoms with Crippen LogP contribution in [-0.2, 0) is 4.74 Å². The highest BCUT2D eigenvalue weighted by molar-refractivity contribution is 7.13. The van der Waals surface area contributed by atoms with Gasteiger partial charge in [0.2, 0.25) is 0 Å². The highest BCUT2D eigenvalue weighted by Gasteiger charge is 2.19. The van der Waals surface area contributed by atoms with E-state index in [4.69, 9.17) is 4.74 Å². The van der Waals surface area contributed by atoms with Crippen molar-refractivity contribution in [2.45, 2.75) is 20.8 Å². The minimum atomic E-state index is -0.0228. The SMILES string of the molecule is COCCN(CC(C)C)C(=O)c1csc(-c2ccc(C)cc2)n1. The van der Waals surface area contributed by atoms with E-state index in [9.17, 15) is 4.79 Å². The van der Waals surface area contributed by atoms with E-state index in [2.05, 4.69) is 37.9 Å². The number of carbonyl (C=O) groups excluding carboxylic acids is 1. The summed E-state index contributed by atoms with van der Waals surface area (Å²) in [7, 11) is 1.65. The molecule has 0 radical (unpaired) electrons. The summed E-state index contributed by atoms with van der Waals surface area (Å²) >= 11 is 1.51. The standard InChI is InChI=1S/C18H24N2O2S/c1-13(2)11-20(9-10-22-4)18(21)16-12-23-17(19-16)15-7-5-14(3)6-8-15/h5-8,12-13H,9-11H2,1-4H3. The smallest absolute Gasteiger partial charge is 0.273 e. The number of aromatic nitrogens is 1. The molecule has 0 aliphatic carbocycles. The van der Waals surface area contributed by atoms with E-state index in [0.29, 0.717) is 31.3 Å². The Labute approximate surface area is 142 Å². The van der Waals surface area contributed by atoms with Crippen molar-refractivity contribution in [1.29, 1.82) is 0 Å². The molecule has 0 aliphatic heterocycles. The Kier molecular flexibility index (Phi) is 6.30. The van der Waals surface area contributed by atoms with Gasteiger partial charge >= 0.3 is 0 Å². The van der Waals surface area contributed by atoms with Gasteiger partial charge in [-0.2, -0.15) is 0 Å². The van der Waals surface area contributed by atoms with Crippen molar-refractivity contribution in [3.8, 4) is 10.6 Å². The molecule has 0 bridgehead atoms. The minimum Gasteiger partial charge on any atom is -0.383 e. The fraction of sp³-hybridized carbons (Fsp3) is 0.444. The molecule has 1 aromatic carbocycles. The van der Waals surface area contributed by atoms with E-state index in [1.165, 1.54) is 16.9 Å². The third kappa shape index (κ3) is 4.88. The maximum atomic E-state index is 12.7. The lowest BCUT2D eigenvalue weighted by atomic mass is 10.2. The zero-order valence-corrected chi connectivity index (χ0v) is 15.0. The van der Waals surface area contributed by atoms with Gasteiger partial charge in [0.05, 0.1) is 6.61 Å². The van der Waals surface area contributed by atoms with Gasteiger partial charge in [-0.3, -0.25) is 4.79 Å². The fourth-order valence-electron chi connectivity index (χ4n) is 2.28. The Hall–Kier alpha value is -1.72. The molecule has 23 heavy (non-hydrogen) atoms. The molecule has 0 unspecified atom stereocenters. The van der Waals surface area contributed by atoms with Crippen LogP contribution in [0.2, 0.25) is 0 Å². The van der Waals surface area contributed by atoms with Crippen molar-refractivity contribution >= 4 is 17.2 Å². The molecular formula is C18H24N2O2S. The van der Waals surface area contributed by atoms with E-state index in [0.717, 1.165) is 10.6 Å². The van der Waals surface area contributed by atoms with E-state index < -0.39 is 0 Å². The normalized spacial score (nSPS) is 11.0. The molecule has 0 atom stereocenters. The fourth-order valence-corrected chi connectivity index (χ4v) is 3.08. The first-order chi connectivity index (χ1) is 11.0. The molecule has 2 aromatic rings. The summed E-state index contributed by atoms with van der Waals surface area (Å²) in [5.41, 5.74) is 2.78. The van der Waals surface area contributed by atoms with E-state index in [1.807, 2.05) is 22.4 Å². The number of benzene rings is 1. The van der Waals surface area contributed by atoms with Gasteiger partial charge in [-0.1, -0.05) is 43.7 Å². The Morgan fingerprint density at radius 2 is 2.00 bits per heavy atom. The summed E-state index contributed by atoms with van der Waals surface area (Å²) in [6.45, 7) is 8.09. The van der Waals surface area contributed by atoms with Gasteiger partial charge in [0.1, 0.15) is 10.7 Å². The Balaban J connectivity index is 2.16. The molecule has 124 valence electrons. The number of methoxy groups -OCH3 is 1. The summed E-state index contributed by atoms with van der Waals surface area (Å²) in [6.07, 6.45) is 0. The van der Waals surface area contributed by atoms with E-state index in [1.54, 1.807) is 7.11 Å². The van der Waals surface area contributed by atoms with Crippen LogP contribution in [-0.4, -0.2) is 42.6 Å². The van der Waals surface area contributed by atoms with Crippen molar-refractivity contribution in [2.75, 3.05) is 26.8 Å². The van der Waals surface area contributed by atoms with E-state index >= 15 is 0 Å². The zero-order chi connectivity index (χ0) is 16.8. The first-order valence-corrected chi connectivity index (χ1v) is 8.70. The maximum absolute atomic E-state index is 12.7. The number of carbonyl (C=O) groups is 1. The lowest BCUT2D eigenvalue weighted by molar-refractivity contribution is 0.0667. The first kappa shape index (κ1) is 17.6.